The van der Waals surface area contributed by atoms with Crippen LogP contribution in [0.5, 0.6) is 5.75 Å². The summed E-state index contributed by atoms with van der Waals surface area (Å²) in [6.07, 6.45) is 3.83. The molecular formula is C26H35N3O4. The van der Waals surface area contributed by atoms with Crippen LogP contribution < -0.4 is 15.4 Å². The number of carbonyl (C=O) groups excluding carboxylic acids is 2. The molecule has 1 aliphatic carbocycles. The topological polar surface area (TPSA) is 89.5 Å². The second-order valence-corrected chi connectivity index (χ2v) is 9.86. The predicted molar refractivity (Wildman–Crippen MR) is 128 cm³/mol. The molecule has 1 atom stereocenters. The molecule has 0 spiro atoms. The fourth-order valence-corrected chi connectivity index (χ4v) is 3.91. The number of hydrogen-bond acceptors (Lipinski definition) is 5. The minimum absolute atomic E-state index is 0.0237. The Bertz CT molecular complexity index is 919. The van der Waals surface area contributed by atoms with Crippen LogP contribution in [0, 0.1) is 11.8 Å². The van der Waals surface area contributed by atoms with Crippen molar-refractivity contribution in [1.82, 2.24) is 10.3 Å². The molecule has 1 aliphatic rings. The highest BCUT2D eigenvalue weighted by Gasteiger charge is 2.35. The molecule has 33 heavy (non-hydrogen) atoms. The number of alkyl carbamates (subject to hydrolysis) is 1. The molecule has 3 rings (SSSR count). The molecular weight excluding hydrogens is 418 g/mol. The Morgan fingerprint density at radius 3 is 2.45 bits per heavy atom. The average Bonchev–Trinajstić information content (AvgIpc) is 2.76. The second-order valence-electron chi connectivity index (χ2n) is 9.86. The van der Waals surface area contributed by atoms with Crippen LogP contribution in [0.4, 0.5) is 10.6 Å². The van der Waals surface area contributed by atoms with Crippen LogP contribution in [0.1, 0.15) is 58.9 Å². The lowest BCUT2D eigenvalue weighted by molar-refractivity contribution is -0.128. The van der Waals surface area contributed by atoms with Crippen LogP contribution in [0.3, 0.4) is 0 Å². The molecule has 0 radical (unpaired) electrons. The summed E-state index contributed by atoms with van der Waals surface area (Å²) in [4.78, 5) is 29.9. The number of anilines is 1. The Kier molecular flexibility index (Phi) is 8.31. The SMILES string of the molecule is CC1CCC(C(OC(=O)NC(C)(C)C)C(=O)Nc2cc(OCc3ccccc3)ccn2)CC1. The van der Waals surface area contributed by atoms with E-state index in [0.29, 0.717) is 24.1 Å². The number of nitrogens with zero attached hydrogens (tertiary/aromatic N) is 1. The molecule has 178 valence electrons. The van der Waals surface area contributed by atoms with Crippen LogP contribution in [-0.2, 0) is 16.1 Å². The summed E-state index contributed by atoms with van der Waals surface area (Å²) in [5.41, 5.74) is 0.593. The fraction of sp³-hybridized carbons (Fsp3) is 0.500. The summed E-state index contributed by atoms with van der Waals surface area (Å²) < 4.78 is 11.5. The Balaban J connectivity index is 1.67. The van der Waals surface area contributed by atoms with Gasteiger partial charge in [-0.3, -0.25) is 4.79 Å². The van der Waals surface area contributed by atoms with Gasteiger partial charge in [-0.2, -0.15) is 0 Å². The first-order chi connectivity index (χ1) is 15.7. The van der Waals surface area contributed by atoms with E-state index in [4.69, 9.17) is 9.47 Å². The number of benzene rings is 1. The minimum atomic E-state index is -0.879. The Morgan fingerprint density at radius 2 is 1.79 bits per heavy atom. The van der Waals surface area contributed by atoms with Crippen LogP contribution in [0.2, 0.25) is 0 Å². The predicted octanol–water partition coefficient (Wildman–Crippen LogP) is 5.32. The van der Waals surface area contributed by atoms with Crippen LogP contribution in [-0.4, -0.2) is 28.6 Å². The van der Waals surface area contributed by atoms with Gasteiger partial charge in [-0.15, -0.1) is 0 Å². The van der Waals surface area contributed by atoms with Crippen molar-refractivity contribution in [2.45, 2.75) is 71.6 Å². The van der Waals surface area contributed by atoms with Crippen molar-refractivity contribution in [3.63, 3.8) is 0 Å². The molecule has 0 bridgehead atoms. The van der Waals surface area contributed by atoms with Gasteiger partial charge in [0.2, 0.25) is 0 Å². The lowest BCUT2D eigenvalue weighted by Crippen LogP contribution is -2.47. The van der Waals surface area contributed by atoms with Crippen LogP contribution >= 0.6 is 0 Å². The van der Waals surface area contributed by atoms with E-state index in [9.17, 15) is 9.59 Å². The smallest absolute Gasteiger partial charge is 0.408 e. The van der Waals surface area contributed by atoms with Gasteiger partial charge in [0.1, 0.15) is 18.2 Å². The van der Waals surface area contributed by atoms with Crippen molar-refractivity contribution in [2.75, 3.05) is 5.32 Å². The number of nitrogens with one attached hydrogen (secondary N) is 2. The third kappa shape index (κ3) is 8.08. The molecule has 2 N–H and O–H groups in total. The minimum Gasteiger partial charge on any atom is -0.489 e. The quantitative estimate of drug-likeness (QED) is 0.592. The first-order valence-electron chi connectivity index (χ1n) is 11.6. The number of amides is 2. The van der Waals surface area contributed by atoms with Crippen molar-refractivity contribution in [3.8, 4) is 5.75 Å². The summed E-state index contributed by atoms with van der Waals surface area (Å²) >= 11 is 0. The van der Waals surface area contributed by atoms with E-state index >= 15 is 0 Å². The molecule has 7 nitrogen and oxygen atoms in total. The van der Waals surface area contributed by atoms with E-state index in [1.54, 1.807) is 18.3 Å². The molecule has 1 fully saturated rings. The molecule has 0 saturated heterocycles. The maximum atomic E-state index is 13.2. The number of hydrogen-bond donors (Lipinski definition) is 2. The van der Waals surface area contributed by atoms with Gasteiger partial charge in [-0.1, -0.05) is 50.1 Å². The molecule has 1 aromatic heterocycles. The van der Waals surface area contributed by atoms with Gasteiger partial charge in [0.05, 0.1) is 0 Å². The first-order valence-corrected chi connectivity index (χ1v) is 11.6. The monoisotopic (exact) mass is 453 g/mol. The average molecular weight is 454 g/mol. The van der Waals surface area contributed by atoms with Gasteiger partial charge >= 0.3 is 6.09 Å². The summed E-state index contributed by atoms with van der Waals surface area (Å²) in [6.45, 7) is 8.24. The maximum Gasteiger partial charge on any atom is 0.408 e. The van der Waals surface area contributed by atoms with Crippen molar-refractivity contribution in [1.29, 1.82) is 0 Å². The number of aromatic nitrogens is 1. The van der Waals surface area contributed by atoms with Crippen LogP contribution in [0.25, 0.3) is 0 Å². The van der Waals surface area contributed by atoms with E-state index in [1.807, 2.05) is 51.1 Å². The standard InChI is InChI=1S/C26H35N3O4/c1-18-10-12-20(13-11-18)23(33-25(31)29-26(2,3)4)24(30)28-22-16-21(14-15-27-22)32-17-19-8-6-5-7-9-19/h5-9,14-16,18,20,23H,10-13,17H2,1-4H3,(H,29,31)(H,27,28,30). The molecule has 1 aromatic carbocycles. The number of rotatable bonds is 7. The molecule has 1 heterocycles. The number of ether oxygens (including phenoxy) is 2. The Morgan fingerprint density at radius 1 is 1.09 bits per heavy atom. The summed E-state index contributed by atoms with van der Waals surface area (Å²) in [5.74, 6) is 1.18. The van der Waals surface area contributed by atoms with E-state index in [-0.39, 0.29) is 11.8 Å². The number of carbonyl (C=O) groups is 2. The lowest BCUT2D eigenvalue weighted by atomic mass is 9.80. The third-order valence-corrected chi connectivity index (χ3v) is 5.69. The van der Waals surface area contributed by atoms with E-state index in [0.717, 1.165) is 31.2 Å². The fourth-order valence-electron chi connectivity index (χ4n) is 3.91. The van der Waals surface area contributed by atoms with E-state index in [1.165, 1.54) is 0 Å². The summed E-state index contributed by atoms with van der Waals surface area (Å²) in [5, 5.41) is 5.60. The summed E-state index contributed by atoms with van der Waals surface area (Å²) in [7, 11) is 0. The van der Waals surface area contributed by atoms with Gasteiger partial charge in [-0.05, 0) is 51.2 Å². The van der Waals surface area contributed by atoms with Gasteiger partial charge < -0.3 is 20.1 Å². The second kappa shape index (κ2) is 11.2. The van der Waals surface area contributed by atoms with Crippen LogP contribution in [0.15, 0.2) is 48.7 Å². The van der Waals surface area contributed by atoms with Gasteiger partial charge in [0.15, 0.2) is 6.10 Å². The van der Waals surface area contributed by atoms with Crippen molar-refractivity contribution in [3.05, 3.63) is 54.2 Å². The van der Waals surface area contributed by atoms with Gasteiger partial charge in [0, 0.05) is 23.7 Å². The van der Waals surface area contributed by atoms with E-state index < -0.39 is 17.7 Å². The Labute approximate surface area is 196 Å². The molecule has 7 heteroatoms. The largest absolute Gasteiger partial charge is 0.489 e. The zero-order valence-electron chi connectivity index (χ0n) is 20.0. The van der Waals surface area contributed by atoms with Crippen molar-refractivity contribution >= 4 is 17.8 Å². The highest BCUT2D eigenvalue weighted by atomic mass is 16.6. The Hall–Kier alpha value is -3.09. The first kappa shape index (κ1) is 24.6. The normalized spacial score (nSPS) is 19.3. The number of pyridine rings is 1. The van der Waals surface area contributed by atoms with E-state index in [2.05, 4.69) is 22.5 Å². The zero-order valence-corrected chi connectivity index (χ0v) is 20.0. The zero-order chi connectivity index (χ0) is 23.8. The lowest BCUT2D eigenvalue weighted by Gasteiger charge is -2.32. The molecule has 1 saturated carbocycles. The molecule has 2 aromatic rings. The maximum absolute atomic E-state index is 13.2. The third-order valence-electron chi connectivity index (χ3n) is 5.69. The van der Waals surface area contributed by atoms with Crippen molar-refractivity contribution < 1.29 is 19.1 Å². The van der Waals surface area contributed by atoms with Gasteiger partial charge in [-0.25, -0.2) is 9.78 Å². The van der Waals surface area contributed by atoms with Gasteiger partial charge in [0.25, 0.3) is 5.91 Å². The van der Waals surface area contributed by atoms with Crippen molar-refractivity contribution in [2.24, 2.45) is 11.8 Å². The summed E-state index contributed by atoms with van der Waals surface area (Å²) in [6, 6.07) is 13.3. The highest BCUT2D eigenvalue weighted by Crippen LogP contribution is 2.32. The highest BCUT2D eigenvalue weighted by molar-refractivity contribution is 5.94. The molecule has 2 amide bonds. The molecule has 1 unspecified atom stereocenters. The molecule has 0 aliphatic heterocycles.